The summed E-state index contributed by atoms with van der Waals surface area (Å²) in [6.07, 6.45) is 2.05. The third-order valence-corrected chi connectivity index (χ3v) is 4.29. The Morgan fingerprint density at radius 3 is 2.58 bits per heavy atom. The molecule has 2 aromatic heterocycles. The first-order valence-electron chi connectivity index (χ1n) is 5.96. The Balaban J connectivity index is 2.10. The third kappa shape index (κ3) is 2.37. The number of aromatic nitrogens is 4. The van der Waals surface area contributed by atoms with Gasteiger partial charge in [0.05, 0.1) is 5.75 Å². The monoisotopic (exact) mass is 290 g/mol. The first-order chi connectivity index (χ1) is 9.17. The van der Waals surface area contributed by atoms with Crippen LogP contribution in [0.2, 0.25) is 0 Å². The minimum absolute atomic E-state index is 0.831. The molecule has 98 valence electrons. The summed E-state index contributed by atoms with van der Waals surface area (Å²) < 4.78 is 1.86. The van der Waals surface area contributed by atoms with Crippen molar-refractivity contribution >= 4 is 28.1 Å². The normalized spacial score (nSPS) is 11.3. The lowest BCUT2D eigenvalue weighted by molar-refractivity contribution is 0.888. The zero-order chi connectivity index (χ0) is 13.4. The van der Waals surface area contributed by atoms with Crippen LogP contribution >= 0.6 is 23.1 Å². The van der Waals surface area contributed by atoms with Crippen molar-refractivity contribution in [3.63, 3.8) is 0 Å². The minimum Gasteiger partial charge on any atom is -0.186 e. The second-order valence-corrected chi connectivity index (χ2v) is 6.35. The molecule has 0 saturated heterocycles. The van der Waals surface area contributed by atoms with E-state index in [1.165, 1.54) is 11.1 Å². The van der Waals surface area contributed by atoms with E-state index in [-0.39, 0.29) is 0 Å². The Labute approximate surface area is 119 Å². The van der Waals surface area contributed by atoms with E-state index in [9.17, 15) is 0 Å². The fourth-order valence-corrected chi connectivity index (χ4v) is 3.38. The molecule has 0 saturated carbocycles. The van der Waals surface area contributed by atoms with E-state index >= 15 is 0 Å². The SMILES string of the molecule is CSCc1nnc2sc(-c3cc(C)cc(C)c3)nn12. The van der Waals surface area contributed by atoms with Crippen LogP contribution in [0.25, 0.3) is 15.5 Å². The third-order valence-electron chi connectivity index (χ3n) is 2.80. The van der Waals surface area contributed by atoms with E-state index in [0.717, 1.165) is 27.1 Å². The first kappa shape index (κ1) is 12.6. The van der Waals surface area contributed by atoms with E-state index in [1.54, 1.807) is 23.1 Å². The number of benzene rings is 1. The van der Waals surface area contributed by atoms with Crippen molar-refractivity contribution < 1.29 is 0 Å². The predicted molar refractivity (Wildman–Crippen MR) is 80.8 cm³/mol. The van der Waals surface area contributed by atoms with Crippen LogP contribution in [0.1, 0.15) is 17.0 Å². The topological polar surface area (TPSA) is 43.1 Å². The minimum atomic E-state index is 0.831. The number of thioether (sulfide) groups is 1. The van der Waals surface area contributed by atoms with Crippen molar-refractivity contribution in [1.29, 1.82) is 0 Å². The highest BCUT2D eigenvalue weighted by atomic mass is 32.2. The van der Waals surface area contributed by atoms with Gasteiger partial charge in [-0.25, -0.2) is 0 Å². The number of nitrogens with zero attached hydrogens (tertiary/aromatic N) is 4. The summed E-state index contributed by atoms with van der Waals surface area (Å²) in [5.41, 5.74) is 3.67. The molecule has 0 amide bonds. The van der Waals surface area contributed by atoms with Crippen LogP contribution in [-0.4, -0.2) is 26.1 Å². The largest absolute Gasteiger partial charge is 0.235 e. The molecule has 0 unspecified atom stereocenters. The zero-order valence-corrected chi connectivity index (χ0v) is 12.7. The Bertz CT molecular complexity index is 709. The van der Waals surface area contributed by atoms with Gasteiger partial charge >= 0.3 is 0 Å². The lowest BCUT2D eigenvalue weighted by atomic mass is 10.1. The van der Waals surface area contributed by atoms with Crippen LogP contribution in [-0.2, 0) is 5.75 Å². The molecule has 4 nitrogen and oxygen atoms in total. The van der Waals surface area contributed by atoms with Crippen molar-refractivity contribution in [1.82, 2.24) is 19.8 Å². The van der Waals surface area contributed by atoms with Crippen LogP contribution in [0.3, 0.4) is 0 Å². The fraction of sp³-hybridized carbons (Fsp3) is 0.308. The Hall–Kier alpha value is -1.40. The lowest BCUT2D eigenvalue weighted by Crippen LogP contribution is -1.93. The van der Waals surface area contributed by atoms with E-state index in [4.69, 9.17) is 0 Å². The highest BCUT2D eigenvalue weighted by molar-refractivity contribution is 7.97. The molecule has 3 aromatic rings. The molecule has 0 N–H and O–H groups in total. The van der Waals surface area contributed by atoms with Gasteiger partial charge in [-0.2, -0.15) is 21.4 Å². The van der Waals surface area contributed by atoms with Gasteiger partial charge in [0.15, 0.2) is 5.82 Å². The van der Waals surface area contributed by atoms with Crippen LogP contribution in [0.5, 0.6) is 0 Å². The highest BCUT2D eigenvalue weighted by Crippen LogP contribution is 2.27. The molecule has 0 fully saturated rings. The fourth-order valence-electron chi connectivity index (χ4n) is 2.09. The van der Waals surface area contributed by atoms with Gasteiger partial charge < -0.3 is 0 Å². The van der Waals surface area contributed by atoms with Gasteiger partial charge in [-0.05, 0) is 32.2 Å². The molecule has 1 aromatic carbocycles. The van der Waals surface area contributed by atoms with Gasteiger partial charge in [-0.15, -0.1) is 10.2 Å². The summed E-state index contributed by atoms with van der Waals surface area (Å²) in [5, 5.41) is 14.0. The van der Waals surface area contributed by atoms with Gasteiger partial charge in [0.2, 0.25) is 4.96 Å². The highest BCUT2D eigenvalue weighted by Gasteiger charge is 2.12. The van der Waals surface area contributed by atoms with Crippen molar-refractivity contribution in [2.24, 2.45) is 0 Å². The van der Waals surface area contributed by atoms with Crippen molar-refractivity contribution in [2.75, 3.05) is 6.26 Å². The predicted octanol–water partition coefficient (Wildman–Crippen LogP) is 3.33. The van der Waals surface area contributed by atoms with Gasteiger partial charge in [-0.1, -0.05) is 28.5 Å². The van der Waals surface area contributed by atoms with Gasteiger partial charge in [0, 0.05) is 5.56 Å². The van der Waals surface area contributed by atoms with Crippen molar-refractivity contribution in [3.8, 4) is 10.6 Å². The van der Waals surface area contributed by atoms with E-state index in [1.807, 2.05) is 4.52 Å². The maximum Gasteiger partial charge on any atom is 0.235 e. The molecule has 2 heterocycles. The second-order valence-electron chi connectivity index (χ2n) is 4.53. The molecule has 0 bridgehead atoms. The van der Waals surface area contributed by atoms with Crippen molar-refractivity contribution in [2.45, 2.75) is 19.6 Å². The summed E-state index contributed by atoms with van der Waals surface area (Å²) in [6.45, 7) is 4.21. The molecule has 0 atom stereocenters. The van der Waals surface area contributed by atoms with Gasteiger partial charge in [-0.3, -0.25) is 0 Å². The van der Waals surface area contributed by atoms with Gasteiger partial charge in [0.1, 0.15) is 5.01 Å². The van der Waals surface area contributed by atoms with E-state index in [0.29, 0.717) is 0 Å². The van der Waals surface area contributed by atoms with E-state index < -0.39 is 0 Å². The Morgan fingerprint density at radius 2 is 1.89 bits per heavy atom. The molecule has 3 rings (SSSR count). The van der Waals surface area contributed by atoms with Crippen LogP contribution < -0.4 is 0 Å². The zero-order valence-electron chi connectivity index (χ0n) is 11.0. The van der Waals surface area contributed by atoms with Crippen LogP contribution in [0, 0.1) is 13.8 Å². The summed E-state index contributed by atoms with van der Waals surface area (Å²) in [4.78, 5) is 0.859. The summed E-state index contributed by atoms with van der Waals surface area (Å²) >= 11 is 3.31. The number of rotatable bonds is 3. The number of hydrogen-bond acceptors (Lipinski definition) is 5. The second kappa shape index (κ2) is 4.94. The molecular formula is C13H14N4S2. The molecule has 0 spiro atoms. The number of aryl methyl sites for hydroxylation is 2. The lowest BCUT2D eigenvalue weighted by Gasteiger charge is -2.00. The van der Waals surface area contributed by atoms with Crippen LogP contribution in [0.15, 0.2) is 18.2 Å². The van der Waals surface area contributed by atoms with Gasteiger partial charge in [0.25, 0.3) is 0 Å². The molecule has 0 aliphatic heterocycles. The van der Waals surface area contributed by atoms with E-state index in [2.05, 4.69) is 53.6 Å². The number of fused-ring (bicyclic) bond motifs is 1. The summed E-state index contributed by atoms with van der Waals surface area (Å²) in [5.74, 6) is 1.74. The smallest absolute Gasteiger partial charge is 0.186 e. The molecular weight excluding hydrogens is 276 g/mol. The summed E-state index contributed by atoms with van der Waals surface area (Å²) in [6, 6.07) is 6.49. The van der Waals surface area contributed by atoms with Crippen LogP contribution in [0.4, 0.5) is 0 Å². The molecule has 0 aliphatic rings. The summed E-state index contributed by atoms with van der Waals surface area (Å²) in [7, 11) is 0. The number of hydrogen-bond donors (Lipinski definition) is 0. The quantitative estimate of drug-likeness (QED) is 0.742. The average Bonchev–Trinajstić information content (AvgIpc) is 2.90. The standard InChI is InChI=1S/C13H14N4S2/c1-8-4-9(2)6-10(5-8)12-16-17-11(7-18-3)14-15-13(17)19-12/h4-6H,7H2,1-3H3. The maximum absolute atomic E-state index is 4.64. The Kier molecular flexibility index (Phi) is 3.28. The molecule has 6 heteroatoms. The molecule has 19 heavy (non-hydrogen) atoms. The Morgan fingerprint density at radius 1 is 1.16 bits per heavy atom. The van der Waals surface area contributed by atoms with Crippen molar-refractivity contribution in [3.05, 3.63) is 35.2 Å². The molecule has 0 radical (unpaired) electrons. The average molecular weight is 290 g/mol. The first-order valence-corrected chi connectivity index (χ1v) is 8.17. The maximum atomic E-state index is 4.64. The molecule has 0 aliphatic carbocycles.